The van der Waals surface area contributed by atoms with Crippen LogP contribution in [0, 0.1) is 13.8 Å². The number of ether oxygens (including phenoxy) is 1. The Kier molecular flexibility index (Phi) is 6.77. The van der Waals surface area contributed by atoms with E-state index >= 15 is 0 Å². The molecule has 0 spiro atoms. The Morgan fingerprint density at radius 2 is 1.97 bits per heavy atom. The zero-order chi connectivity index (χ0) is 21.8. The fourth-order valence-corrected chi connectivity index (χ4v) is 5.06. The third-order valence-electron chi connectivity index (χ3n) is 5.19. The van der Waals surface area contributed by atoms with Gasteiger partial charge in [-0.2, -0.15) is 0 Å². The summed E-state index contributed by atoms with van der Waals surface area (Å²) in [5, 5.41) is 13.1. The van der Waals surface area contributed by atoms with Gasteiger partial charge in [0.25, 0.3) is 0 Å². The van der Waals surface area contributed by atoms with Crippen molar-refractivity contribution in [1.29, 1.82) is 0 Å². The Hall–Kier alpha value is -2.59. The van der Waals surface area contributed by atoms with E-state index in [1.165, 1.54) is 29.5 Å². The number of carbonyl (C=O) groups excluding carboxylic acids is 1. The SMILES string of the molecule is COc1ccccc1-n1c(SCC(=O)Nc2nc(C)c(C)s2)nnc1N1CCCCC1. The maximum Gasteiger partial charge on any atom is 0.236 e. The second kappa shape index (κ2) is 9.69. The van der Waals surface area contributed by atoms with Gasteiger partial charge in [-0.05, 0) is 45.2 Å². The number of thiazole rings is 1. The number of amides is 1. The van der Waals surface area contributed by atoms with E-state index in [1.54, 1.807) is 7.11 Å². The first-order valence-corrected chi connectivity index (χ1v) is 12.1. The van der Waals surface area contributed by atoms with Crippen molar-refractivity contribution in [2.45, 2.75) is 38.3 Å². The molecule has 0 aliphatic carbocycles. The van der Waals surface area contributed by atoms with E-state index in [2.05, 4.69) is 25.4 Å². The number of aromatic nitrogens is 4. The molecule has 4 rings (SSSR count). The predicted octanol–water partition coefficient (Wildman–Crippen LogP) is 4.07. The lowest BCUT2D eigenvalue weighted by molar-refractivity contribution is -0.113. The summed E-state index contributed by atoms with van der Waals surface area (Å²) in [7, 11) is 1.65. The molecule has 1 amide bonds. The van der Waals surface area contributed by atoms with Crippen LogP contribution in [-0.4, -0.2) is 51.6 Å². The van der Waals surface area contributed by atoms with Crippen molar-refractivity contribution in [2.24, 2.45) is 0 Å². The molecule has 1 N–H and O–H groups in total. The van der Waals surface area contributed by atoms with Crippen LogP contribution in [-0.2, 0) is 4.79 Å². The molecule has 164 valence electrons. The normalized spacial score (nSPS) is 14.0. The van der Waals surface area contributed by atoms with Gasteiger partial charge in [-0.1, -0.05) is 23.9 Å². The average molecular weight is 459 g/mol. The van der Waals surface area contributed by atoms with Crippen LogP contribution >= 0.6 is 23.1 Å². The molecule has 1 saturated heterocycles. The largest absolute Gasteiger partial charge is 0.495 e. The summed E-state index contributed by atoms with van der Waals surface area (Å²) in [4.78, 5) is 20.3. The van der Waals surface area contributed by atoms with Gasteiger partial charge in [0.1, 0.15) is 5.75 Å². The smallest absolute Gasteiger partial charge is 0.236 e. The number of nitrogens with zero attached hydrogens (tertiary/aromatic N) is 5. The second-order valence-electron chi connectivity index (χ2n) is 7.34. The van der Waals surface area contributed by atoms with Gasteiger partial charge in [0.05, 0.1) is 24.2 Å². The molecule has 0 bridgehead atoms. The minimum absolute atomic E-state index is 0.118. The molecule has 0 unspecified atom stereocenters. The zero-order valence-corrected chi connectivity index (χ0v) is 19.6. The molecule has 1 aromatic carbocycles. The molecule has 8 nitrogen and oxygen atoms in total. The number of hydrogen-bond donors (Lipinski definition) is 1. The summed E-state index contributed by atoms with van der Waals surface area (Å²) in [5.41, 5.74) is 1.81. The first kappa shape index (κ1) is 21.6. The highest BCUT2D eigenvalue weighted by atomic mass is 32.2. The van der Waals surface area contributed by atoms with Crippen LogP contribution in [0.1, 0.15) is 29.8 Å². The number of benzene rings is 1. The number of aryl methyl sites for hydroxylation is 2. The van der Waals surface area contributed by atoms with Crippen LogP contribution < -0.4 is 15.0 Å². The van der Waals surface area contributed by atoms with Crippen molar-refractivity contribution in [1.82, 2.24) is 19.7 Å². The number of methoxy groups -OCH3 is 1. The summed E-state index contributed by atoms with van der Waals surface area (Å²) in [5.74, 6) is 1.62. The van der Waals surface area contributed by atoms with Gasteiger partial charge in [-0.3, -0.25) is 9.36 Å². The van der Waals surface area contributed by atoms with E-state index in [0.717, 1.165) is 53.9 Å². The Bertz CT molecular complexity index is 1040. The van der Waals surface area contributed by atoms with Crippen molar-refractivity contribution in [3.05, 3.63) is 34.8 Å². The van der Waals surface area contributed by atoms with Crippen molar-refractivity contribution >= 4 is 40.1 Å². The van der Waals surface area contributed by atoms with E-state index in [4.69, 9.17) is 4.74 Å². The van der Waals surface area contributed by atoms with Gasteiger partial charge in [0.15, 0.2) is 10.3 Å². The zero-order valence-electron chi connectivity index (χ0n) is 17.9. The third-order valence-corrected chi connectivity index (χ3v) is 7.11. The predicted molar refractivity (Wildman–Crippen MR) is 125 cm³/mol. The topological polar surface area (TPSA) is 85.2 Å². The van der Waals surface area contributed by atoms with Crippen LogP contribution in [0.3, 0.4) is 0 Å². The van der Waals surface area contributed by atoms with Gasteiger partial charge in [-0.15, -0.1) is 21.5 Å². The van der Waals surface area contributed by atoms with Gasteiger partial charge in [0.2, 0.25) is 11.9 Å². The number of anilines is 2. The summed E-state index contributed by atoms with van der Waals surface area (Å²) >= 11 is 2.84. The highest BCUT2D eigenvalue weighted by Gasteiger charge is 2.24. The van der Waals surface area contributed by atoms with Gasteiger partial charge < -0.3 is 15.0 Å². The molecule has 1 aliphatic rings. The standard InChI is InChI=1S/C21H26N6O2S2/c1-14-15(2)31-19(22-14)23-18(28)13-30-21-25-24-20(26-11-7-4-8-12-26)27(21)16-9-5-6-10-17(16)29-3/h5-6,9-10H,4,7-8,11-13H2,1-3H3,(H,22,23,28). The Morgan fingerprint density at radius 3 is 2.68 bits per heavy atom. The molecular weight excluding hydrogens is 432 g/mol. The number of piperidine rings is 1. The van der Waals surface area contributed by atoms with E-state index in [-0.39, 0.29) is 11.7 Å². The molecule has 2 aromatic heterocycles. The average Bonchev–Trinajstić information content (AvgIpc) is 3.35. The van der Waals surface area contributed by atoms with E-state index in [0.29, 0.717) is 10.3 Å². The monoisotopic (exact) mass is 458 g/mol. The summed E-state index contributed by atoms with van der Waals surface area (Å²) in [6, 6.07) is 7.81. The maximum absolute atomic E-state index is 12.5. The fourth-order valence-electron chi connectivity index (χ4n) is 3.49. The van der Waals surface area contributed by atoms with E-state index in [9.17, 15) is 4.79 Å². The summed E-state index contributed by atoms with van der Waals surface area (Å²) in [6.07, 6.45) is 3.50. The molecule has 0 atom stereocenters. The lowest BCUT2D eigenvalue weighted by Crippen LogP contribution is -2.31. The fraction of sp³-hybridized carbons (Fsp3) is 0.429. The quantitative estimate of drug-likeness (QED) is 0.534. The maximum atomic E-state index is 12.5. The van der Waals surface area contributed by atoms with Gasteiger partial charge in [-0.25, -0.2) is 4.98 Å². The number of para-hydroxylation sites is 2. The minimum Gasteiger partial charge on any atom is -0.495 e. The number of thioether (sulfide) groups is 1. The lowest BCUT2D eigenvalue weighted by Gasteiger charge is -2.28. The molecule has 0 radical (unpaired) electrons. The number of nitrogens with one attached hydrogen (secondary N) is 1. The van der Waals surface area contributed by atoms with Crippen molar-refractivity contribution in [3.8, 4) is 11.4 Å². The molecule has 3 aromatic rings. The van der Waals surface area contributed by atoms with Crippen LogP contribution in [0.15, 0.2) is 29.4 Å². The third kappa shape index (κ3) is 4.85. The molecule has 1 fully saturated rings. The molecule has 3 heterocycles. The number of rotatable bonds is 7. The second-order valence-corrected chi connectivity index (χ2v) is 9.48. The van der Waals surface area contributed by atoms with Crippen molar-refractivity contribution in [2.75, 3.05) is 36.2 Å². The highest BCUT2D eigenvalue weighted by molar-refractivity contribution is 7.99. The summed E-state index contributed by atoms with van der Waals surface area (Å²) in [6.45, 7) is 5.83. The van der Waals surface area contributed by atoms with Crippen molar-refractivity contribution in [3.63, 3.8) is 0 Å². The molecular formula is C21H26N6O2S2. The first-order valence-electron chi connectivity index (χ1n) is 10.3. The van der Waals surface area contributed by atoms with E-state index < -0.39 is 0 Å². The van der Waals surface area contributed by atoms with E-state index in [1.807, 2.05) is 42.7 Å². The molecule has 31 heavy (non-hydrogen) atoms. The Labute approximate surface area is 190 Å². The Morgan fingerprint density at radius 1 is 1.19 bits per heavy atom. The van der Waals surface area contributed by atoms with Crippen LogP contribution in [0.5, 0.6) is 5.75 Å². The van der Waals surface area contributed by atoms with Gasteiger partial charge in [0, 0.05) is 18.0 Å². The molecule has 10 heteroatoms. The Balaban J connectivity index is 1.58. The van der Waals surface area contributed by atoms with Crippen LogP contribution in [0.2, 0.25) is 0 Å². The highest BCUT2D eigenvalue weighted by Crippen LogP contribution is 2.33. The van der Waals surface area contributed by atoms with Crippen LogP contribution in [0.4, 0.5) is 11.1 Å². The van der Waals surface area contributed by atoms with Crippen LogP contribution in [0.25, 0.3) is 5.69 Å². The molecule has 1 aliphatic heterocycles. The first-order chi connectivity index (χ1) is 15.1. The lowest BCUT2D eigenvalue weighted by atomic mass is 10.1. The minimum atomic E-state index is -0.118. The number of carbonyl (C=O) groups is 1. The van der Waals surface area contributed by atoms with Crippen molar-refractivity contribution < 1.29 is 9.53 Å². The molecule has 0 saturated carbocycles. The summed E-state index contributed by atoms with van der Waals surface area (Å²) < 4.78 is 7.59. The van der Waals surface area contributed by atoms with Gasteiger partial charge >= 0.3 is 0 Å². The number of hydrogen-bond acceptors (Lipinski definition) is 8.